The van der Waals surface area contributed by atoms with E-state index in [2.05, 4.69) is 23.1 Å². The van der Waals surface area contributed by atoms with Gasteiger partial charge in [-0.05, 0) is 37.7 Å². The fourth-order valence-electron chi connectivity index (χ4n) is 6.21. The molecule has 7 rings (SSSR count). The van der Waals surface area contributed by atoms with Gasteiger partial charge in [0.25, 0.3) is 5.70 Å². The van der Waals surface area contributed by atoms with Crippen LogP contribution in [0.1, 0.15) is 0 Å². The first-order valence-corrected chi connectivity index (χ1v) is 11.8. The van der Waals surface area contributed by atoms with Gasteiger partial charge in [0.1, 0.15) is 17.7 Å². The highest BCUT2D eigenvalue weighted by Crippen LogP contribution is 2.43. The van der Waals surface area contributed by atoms with Crippen LogP contribution in [0, 0.1) is 40.6 Å². The maximum Gasteiger partial charge on any atom is 0.270 e. The van der Waals surface area contributed by atoms with E-state index < -0.39 is 0 Å². The molecule has 0 aromatic heterocycles. The van der Waals surface area contributed by atoms with Crippen LogP contribution in [0.2, 0.25) is 0 Å². The summed E-state index contributed by atoms with van der Waals surface area (Å²) >= 11 is 0. The number of hydrogen-bond acceptors (Lipinski definition) is 4. The molecular weight excluding hydrogens is 468 g/mol. The number of benzene rings is 4. The number of nitrogens with zero attached hydrogens (tertiary/aromatic N) is 4. The average molecular weight is 480 g/mol. The Labute approximate surface area is 214 Å². The first-order valence-electron chi connectivity index (χ1n) is 11.8. The minimum Gasteiger partial charge on any atom is -0.289 e. The van der Waals surface area contributed by atoms with Crippen molar-refractivity contribution in [2.45, 2.75) is 0 Å². The Bertz CT molecular complexity index is 2460. The van der Waals surface area contributed by atoms with Gasteiger partial charge in [-0.2, -0.15) is 10.5 Å². The minimum absolute atomic E-state index is 0.0538. The second-order valence-electron chi connectivity index (χ2n) is 9.14. The van der Waals surface area contributed by atoms with Crippen molar-refractivity contribution >= 4 is 75.9 Å². The van der Waals surface area contributed by atoms with E-state index in [-0.39, 0.29) is 16.7 Å². The van der Waals surface area contributed by atoms with Crippen molar-refractivity contribution in [2.75, 3.05) is 0 Å². The van der Waals surface area contributed by atoms with Gasteiger partial charge in [0.2, 0.25) is 0 Å². The maximum atomic E-state index is 14.1. The summed E-state index contributed by atoms with van der Waals surface area (Å²) in [6, 6.07) is 28.6. The van der Waals surface area contributed by atoms with E-state index in [1.165, 1.54) is 0 Å². The highest BCUT2D eigenvalue weighted by atomic mass is 16.1. The summed E-state index contributed by atoms with van der Waals surface area (Å²) in [6.07, 6.45) is 0. The fraction of sp³-hybridized carbons (Fsp3) is 0. The molecule has 0 fully saturated rings. The maximum absolute atomic E-state index is 14.1. The van der Waals surface area contributed by atoms with E-state index in [0.717, 1.165) is 21.5 Å². The summed E-state index contributed by atoms with van der Waals surface area (Å²) < 4.78 is 0. The molecule has 7 aromatic carbocycles. The molecule has 0 saturated heterocycles. The predicted octanol–water partition coefficient (Wildman–Crippen LogP) is 5.59. The van der Waals surface area contributed by atoms with Gasteiger partial charge in [-0.1, -0.05) is 72.8 Å². The lowest BCUT2D eigenvalue weighted by Gasteiger charge is -2.03. The number of fused-ring (bicyclic) bond motifs is 12. The second kappa shape index (κ2) is 7.49. The molecule has 0 spiro atoms. The average Bonchev–Trinajstić information content (AvgIpc) is 3.57. The SMILES string of the molecule is [C-]#[N+]/C(C#N)=c1\c2ccccc2c2c3c(=O)c4ccccc4c3c3c(=C(C#N)C#N)c4ccccc4c3c12. The summed E-state index contributed by atoms with van der Waals surface area (Å²) in [4.78, 5) is 17.6. The van der Waals surface area contributed by atoms with Gasteiger partial charge in [0.15, 0.2) is 5.43 Å². The third kappa shape index (κ3) is 2.38. The second-order valence-corrected chi connectivity index (χ2v) is 9.14. The highest BCUT2D eigenvalue weighted by molar-refractivity contribution is 6.43. The minimum atomic E-state index is -0.155. The van der Waals surface area contributed by atoms with Crippen molar-refractivity contribution in [2.24, 2.45) is 0 Å². The topological polar surface area (TPSA) is 92.8 Å². The van der Waals surface area contributed by atoms with Crippen LogP contribution in [-0.4, -0.2) is 0 Å². The zero-order valence-corrected chi connectivity index (χ0v) is 19.6. The molecule has 170 valence electrons. The largest absolute Gasteiger partial charge is 0.289 e. The van der Waals surface area contributed by atoms with Crippen molar-refractivity contribution in [1.29, 1.82) is 15.8 Å². The summed E-state index contributed by atoms with van der Waals surface area (Å²) in [5.41, 5.74) is -0.281. The molecule has 7 aromatic rings. The van der Waals surface area contributed by atoms with Gasteiger partial charge in [-0.3, -0.25) is 4.79 Å². The smallest absolute Gasteiger partial charge is 0.270 e. The number of nitriles is 3. The Morgan fingerprint density at radius 2 is 0.974 bits per heavy atom. The Morgan fingerprint density at radius 3 is 1.47 bits per heavy atom. The van der Waals surface area contributed by atoms with Crippen molar-refractivity contribution in [3.8, 4) is 18.2 Å². The molecule has 38 heavy (non-hydrogen) atoms. The summed E-state index contributed by atoms with van der Waals surface area (Å²) in [5.74, 6) is 0. The Hall–Kier alpha value is -6.01. The molecule has 0 aliphatic carbocycles. The molecule has 5 heteroatoms. The molecule has 0 N–H and O–H groups in total. The third-order valence-corrected chi connectivity index (χ3v) is 7.53. The molecule has 0 radical (unpaired) electrons. The summed E-state index contributed by atoms with van der Waals surface area (Å²) in [5, 5.41) is 39.1. The van der Waals surface area contributed by atoms with Crippen molar-refractivity contribution in [3.05, 3.63) is 105 Å². The standard InChI is InChI=1S/C33H12N4O/c1-37-24(16-36)26-19-9-3-5-11-21(19)28-31(26)27-20-10-4-2-8-18(20)25(17(14-34)15-35)30(27)29-22-12-6-7-13-23(22)33(38)32(28)29/h2-13H/b26-24+. The molecule has 0 aliphatic heterocycles. The van der Waals surface area contributed by atoms with Crippen molar-refractivity contribution in [1.82, 2.24) is 0 Å². The molecule has 0 atom stereocenters. The summed E-state index contributed by atoms with van der Waals surface area (Å²) in [6.45, 7) is 7.80. The number of rotatable bonds is 0. The molecule has 0 aliphatic rings. The Kier molecular flexibility index (Phi) is 4.20. The lowest BCUT2D eigenvalue weighted by Crippen LogP contribution is -2.06. The van der Waals surface area contributed by atoms with Crippen LogP contribution >= 0.6 is 0 Å². The first kappa shape index (κ1) is 21.3. The number of hydrogen-bond donors (Lipinski definition) is 0. The van der Waals surface area contributed by atoms with E-state index in [1.54, 1.807) is 6.07 Å². The zero-order chi connectivity index (χ0) is 26.1. The van der Waals surface area contributed by atoms with Gasteiger partial charge in [-0.15, -0.1) is 0 Å². The Morgan fingerprint density at radius 1 is 0.553 bits per heavy atom. The lowest BCUT2D eigenvalue weighted by molar-refractivity contribution is 1.51. The van der Waals surface area contributed by atoms with Gasteiger partial charge in [-0.25, -0.2) is 10.1 Å². The van der Waals surface area contributed by atoms with Crippen molar-refractivity contribution < 1.29 is 0 Å². The van der Waals surface area contributed by atoms with E-state index in [0.29, 0.717) is 53.5 Å². The quantitative estimate of drug-likeness (QED) is 0.265. The molecule has 0 amide bonds. The van der Waals surface area contributed by atoms with Gasteiger partial charge in [0, 0.05) is 37.4 Å². The van der Waals surface area contributed by atoms with Crippen LogP contribution in [0.25, 0.3) is 80.7 Å². The van der Waals surface area contributed by atoms with Gasteiger partial charge < -0.3 is 0 Å². The van der Waals surface area contributed by atoms with E-state index >= 15 is 0 Å². The molecule has 0 heterocycles. The fourth-order valence-corrected chi connectivity index (χ4v) is 6.21. The lowest BCUT2D eigenvalue weighted by atomic mass is 9.98. The molecule has 0 unspecified atom stereocenters. The van der Waals surface area contributed by atoms with E-state index in [1.807, 2.05) is 66.7 Å². The molecule has 0 bridgehead atoms. The zero-order valence-electron chi connectivity index (χ0n) is 19.6. The van der Waals surface area contributed by atoms with Gasteiger partial charge in [0.05, 0.1) is 12.6 Å². The van der Waals surface area contributed by atoms with Crippen LogP contribution in [0.3, 0.4) is 0 Å². The van der Waals surface area contributed by atoms with Crippen LogP contribution in [-0.2, 0) is 0 Å². The Balaban J connectivity index is 2.13. The van der Waals surface area contributed by atoms with Gasteiger partial charge >= 0.3 is 0 Å². The monoisotopic (exact) mass is 480 g/mol. The van der Waals surface area contributed by atoms with Crippen LogP contribution in [0.15, 0.2) is 77.6 Å². The first-order chi connectivity index (χ1) is 18.7. The van der Waals surface area contributed by atoms with Crippen molar-refractivity contribution in [3.63, 3.8) is 0 Å². The third-order valence-electron chi connectivity index (χ3n) is 7.53. The normalized spacial score (nSPS) is 12.1. The predicted molar refractivity (Wildman–Crippen MR) is 150 cm³/mol. The molecule has 5 nitrogen and oxygen atoms in total. The highest BCUT2D eigenvalue weighted by Gasteiger charge is 2.26. The van der Waals surface area contributed by atoms with Crippen LogP contribution in [0.4, 0.5) is 0 Å². The molecule has 0 saturated carbocycles. The van der Waals surface area contributed by atoms with Crippen LogP contribution in [0.5, 0.6) is 0 Å². The van der Waals surface area contributed by atoms with Crippen LogP contribution < -0.4 is 15.9 Å². The van der Waals surface area contributed by atoms with E-state index in [4.69, 9.17) is 6.57 Å². The van der Waals surface area contributed by atoms with E-state index in [9.17, 15) is 20.6 Å². The summed E-state index contributed by atoms with van der Waals surface area (Å²) in [7, 11) is 0. The molecular formula is C33H12N4O.